The zero-order chi connectivity index (χ0) is 10.4. The highest BCUT2D eigenvalue weighted by Gasteiger charge is 1.95. The molecule has 1 rings (SSSR count). The molecule has 0 aliphatic carbocycles. The third kappa shape index (κ3) is 3.13. The second-order valence-corrected chi connectivity index (χ2v) is 3.21. The molecule has 2 N–H and O–H groups in total. The summed E-state index contributed by atoms with van der Waals surface area (Å²) < 4.78 is 5.08. The van der Waals surface area contributed by atoms with Crippen LogP contribution in [0, 0.1) is 0 Å². The first-order valence-corrected chi connectivity index (χ1v) is 4.80. The molecule has 1 aromatic rings. The second-order valence-electron chi connectivity index (χ2n) is 3.21. The van der Waals surface area contributed by atoms with Gasteiger partial charge in [-0.15, -0.1) is 0 Å². The number of hydrogen-bond acceptors (Lipinski definition) is 2. The number of benzene rings is 1. The van der Waals surface area contributed by atoms with Gasteiger partial charge in [0.25, 0.3) is 0 Å². The molecule has 0 fully saturated rings. The Morgan fingerprint density at radius 2 is 2.00 bits per heavy atom. The van der Waals surface area contributed by atoms with Crippen molar-refractivity contribution >= 4 is 0 Å². The van der Waals surface area contributed by atoms with E-state index in [1.54, 1.807) is 7.11 Å². The van der Waals surface area contributed by atoms with E-state index in [9.17, 15) is 0 Å². The van der Waals surface area contributed by atoms with Crippen LogP contribution in [0.4, 0.5) is 0 Å². The summed E-state index contributed by atoms with van der Waals surface area (Å²) in [4.78, 5) is 0. The Kier molecular flexibility index (Phi) is 4.05. The molecule has 0 saturated carbocycles. The quantitative estimate of drug-likeness (QED) is 0.793. The molecule has 14 heavy (non-hydrogen) atoms. The number of methoxy groups -OCH3 is 1. The lowest BCUT2D eigenvalue weighted by molar-refractivity contribution is 0.414. The van der Waals surface area contributed by atoms with Gasteiger partial charge in [0, 0.05) is 5.70 Å². The van der Waals surface area contributed by atoms with Crippen molar-refractivity contribution in [1.29, 1.82) is 0 Å². The topological polar surface area (TPSA) is 35.2 Å². The summed E-state index contributed by atoms with van der Waals surface area (Å²) in [6, 6.07) is 8.09. The Morgan fingerprint density at radius 3 is 2.50 bits per heavy atom. The van der Waals surface area contributed by atoms with Crippen LogP contribution in [0.5, 0.6) is 5.75 Å². The van der Waals surface area contributed by atoms with Gasteiger partial charge in [0.1, 0.15) is 5.75 Å². The lowest BCUT2D eigenvalue weighted by atomic mass is 10.1. The monoisotopic (exact) mass is 191 g/mol. The van der Waals surface area contributed by atoms with Crippen LogP contribution in [0.2, 0.25) is 0 Å². The summed E-state index contributed by atoms with van der Waals surface area (Å²) >= 11 is 0. The van der Waals surface area contributed by atoms with Crippen LogP contribution in [0.15, 0.2) is 36.0 Å². The lowest BCUT2D eigenvalue weighted by Gasteiger charge is -2.03. The predicted octanol–water partition coefficient (Wildman–Crippen LogP) is 2.49. The minimum atomic E-state index is 0.896. The van der Waals surface area contributed by atoms with Crippen molar-refractivity contribution in [2.24, 2.45) is 5.73 Å². The number of aryl methyl sites for hydroxylation is 1. The van der Waals surface area contributed by atoms with Gasteiger partial charge in [0.05, 0.1) is 7.11 Å². The van der Waals surface area contributed by atoms with E-state index in [-0.39, 0.29) is 0 Å². The number of nitrogens with two attached hydrogens (primary N) is 1. The maximum absolute atomic E-state index is 5.71. The third-order valence-corrected chi connectivity index (χ3v) is 2.23. The van der Waals surface area contributed by atoms with Crippen LogP contribution in [0.3, 0.4) is 0 Å². The molecule has 76 valence electrons. The number of hydrogen-bond donors (Lipinski definition) is 1. The Labute approximate surface area is 85.4 Å². The highest BCUT2D eigenvalue weighted by molar-refractivity contribution is 5.27. The number of ether oxygens (including phenoxy) is 1. The highest BCUT2D eigenvalue weighted by Crippen LogP contribution is 2.13. The smallest absolute Gasteiger partial charge is 0.118 e. The molecule has 0 saturated heterocycles. The maximum atomic E-state index is 5.71. The van der Waals surface area contributed by atoms with Gasteiger partial charge in [0.2, 0.25) is 0 Å². The second kappa shape index (κ2) is 5.32. The first-order chi connectivity index (χ1) is 6.76. The van der Waals surface area contributed by atoms with E-state index >= 15 is 0 Å². The molecule has 0 amide bonds. The third-order valence-electron chi connectivity index (χ3n) is 2.23. The molecule has 0 spiro atoms. The van der Waals surface area contributed by atoms with Gasteiger partial charge < -0.3 is 10.5 Å². The maximum Gasteiger partial charge on any atom is 0.118 e. The minimum absolute atomic E-state index is 0.896. The average Bonchev–Trinajstić information content (AvgIpc) is 2.26. The largest absolute Gasteiger partial charge is 0.497 e. The zero-order valence-electron chi connectivity index (χ0n) is 8.79. The van der Waals surface area contributed by atoms with Gasteiger partial charge in [-0.2, -0.15) is 0 Å². The van der Waals surface area contributed by atoms with Gasteiger partial charge in [0.15, 0.2) is 0 Å². The molecular weight excluding hydrogens is 174 g/mol. The molecule has 0 unspecified atom stereocenters. The summed E-state index contributed by atoms with van der Waals surface area (Å²) in [5.74, 6) is 0.896. The zero-order valence-corrected chi connectivity index (χ0v) is 8.79. The summed E-state index contributed by atoms with van der Waals surface area (Å²) in [5, 5.41) is 0. The van der Waals surface area contributed by atoms with Crippen LogP contribution in [0.25, 0.3) is 0 Å². The van der Waals surface area contributed by atoms with Crippen molar-refractivity contribution in [3.05, 3.63) is 41.6 Å². The van der Waals surface area contributed by atoms with E-state index in [1.165, 1.54) is 5.56 Å². The molecule has 0 bridgehead atoms. The fraction of sp³-hybridized carbons (Fsp3) is 0.333. The van der Waals surface area contributed by atoms with Gasteiger partial charge in [-0.25, -0.2) is 0 Å². The van der Waals surface area contributed by atoms with E-state index in [4.69, 9.17) is 10.5 Å². The van der Waals surface area contributed by atoms with Gasteiger partial charge in [-0.1, -0.05) is 18.2 Å². The van der Waals surface area contributed by atoms with Gasteiger partial charge >= 0.3 is 0 Å². The van der Waals surface area contributed by atoms with E-state index in [1.807, 2.05) is 25.1 Å². The lowest BCUT2D eigenvalue weighted by Crippen LogP contribution is -1.98. The summed E-state index contributed by atoms with van der Waals surface area (Å²) in [6.45, 7) is 1.96. The molecule has 2 heteroatoms. The van der Waals surface area contributed by atoms with E-state index in [0.717, 1.165) is 24.3 Å². The summed E-state index contributed by atoms with van der Waals surface area (Å²) in [6.07, 6.45) is 3.85. The SMILES string of the molecule is CC=C(N)CCc1ccc(OC)cc1. The highest BCUT2D eigenvalue weighted by atomic mass is 16.5. The standard InChI is InChI=1S/C12H17NO/c1-3-11(13)7-4-10-5-8-12(14-2)9-6-10/h3,5-6,8-9H,4,7,13H2,1-2H3. The number of rotatable bonds is 4. The van der Waals surface area contributed by atoms with Crippen LogP contribution in [-0.2, 0) is 6.42 Å². The fourth-order valence-corrected chi connectivity index (χ4v) is 1.23. The van der Waals surface area contributed by atoms with Crippen molar-refractivity contribution < 1.29 is 4.74 Å². The van der Waals surface area contributed by atoms with Crippen LogP contribution in [-0.4, -0.2) is 7.11 Å². The number of allylic oxidation sites excluding steroid dienone is 2. The summed E-state index contributed by atoms with van der Waals surface area (Å²) in [7, 11) is 1.67. The molecule has 0 radical (unpaired) electrons. The Balaban J connectivity index is 2.52. The van der Waals surface area contributed by atoms with Crippen molar-refractivity contribution in [2.75, 3.05) is 7.11 Å². The molecule has 0 aromatic heterocycles. The Morgan fingerprint density at radius 1 is 1.36 bits per heavy atom. The molecule has 0 heterocycles. The predicted molar refractivity (Wildman–Crippen MR) is 59.3 cm³/mol. The van der Waals surface area contributed by atoms with E-state index in [2.05, 4.69) is 12.1 Å². The molecular formula is C12H17NO. The fourth-order valence-electron chi connectivity index (χ4n) is 1.23. The summed E-state index contributed by atoms with van der Waals surface area (Å²) in [5.41, 5.74) is 7.95. The molecule has 0 aliphatic heterocycles. The Hall–Kier alpha value is -1.44. The molecule has 2 nitrogen and oxygen atoms in total. The normalized spacial score (nSPS) is 11.4. The van der Waals surface area contributed by atoms with E-state index in [0.29, 0.717) is 0 Å². The van der Waals surface area contributed by atoms with Crippen LogP contribution < -0.4 is 10.5 Å². The average molecular weight is 191 g/mol. The van der Waals surface area contributed by atoms with Crippen molar-refractivity contribution in [2.45, 2.75) is 19.8 Å². The van der Waals surface area contributed by atoms with Crippen molar-refractivity contribution in [3.8, 4) is 5.75 Å². The molecule has 0 atom stereocenters. The van der Waals surface area contributed by atoms with E-state index < -0.39 is 0 Å². The van der Waals surface area contributed by atoms with Crippen LogP contribution in [0.1, 0.15) is 18.9 Å². The van der Waals surface area contributed by atoms with Gasteiger partial charge in [-0.3, -0.25) is 0 Å². The minimum Gasteiger partial charge on any atom is -0.497 e. The molecule has 1 aromatic carbocycles. The molecule has 0 aliphatic rings. The first-order valence-electron chi connectivity index (χ1n) is 4.80. The van der Waals surface area contributed by atoms with Crippen LogP contribution >= 0.6 is 0 Å². The Bertz CT molecular complexity index is 301. The van der Waals surface area contributed by atoms with Gasteiger partial charge in [-0.05, 0) is 37.5 Å². The van der Waals surface area contributed by atoms with Crippen molar-refractivity contribution in [3.63, 3.8) is 0 Å². The van der Waals surface area contributed by atoms with Crippen molar-refractivity contribution in [1.82, 2.24) is 0 Å². The first kappa shape index (κ1) is 10.6.